The Morgan fingerprint density at radius 3 is 2.94 bits per heavy atom. The maximum Gasteiger partial charge on any atom is 0.134 e. The second kappa shape index (κ2) is 5.52. The largest absolute Gasteiger partial charge is 0.357 e. The van der Waals surface area contributed by atoms with Crippen molar-refractivity contribution >= 4 is 11.6 Å². The summed E-state index contributed by atoms with van der Waals surface area (Å²) in [5, 5.41) is 0. The molecule has 1 aromatic heterocycles. The molecule has 1 atom stereocenters. The average Bonchev–Trinajstić information content (AvgIpc) is 2.86. The summed E-state index contributed by atoms with van der Waals surface area (Å²) >= 11 is 0. The fourth-order valence-corrected chi connectivity index (χ4v) is 2.33. The Kier molecular flexibility index (Phi) is 4.01. The lowest BCUT2D eigenvalue weighted by atomic mass is 10.2. The van der Waals surface area contributed by atoms with E-state index in [9.17, 15) is 0 Å². The molecule has 1 fully saturated rings. The first-order valence-electron chi connectivity index (χ1n) is 6.65. The smallest absolute Gasteiger partial charge is 0.134 e. The van der Waals surface area contributed by atoms with Gasteiger partial charge in [0, 0.05) is 38.3 Å². The highest BCUT2D eigenvalue weighted by Gasteiger charge is 2.24. The third-order valence-electron chi connectivity index (χ3n) is 3.72. The molecule has 0 spiro atoms. The lowest BCUT2D eigenvalue weighted by Gasteiger charge is -2.27. The molecule has 18 heavy (non-hydrogen) atoms. The van der Waals surface area contributed by atoms with Crippen molar-refractivity contribution in [2.75, 3.05) is 29.9 Å². The van der Waals surface area contributed by atoms with Crippen molar-refractivity contribution in [3.8, 4) is 0 Å². The molecule has 0 radical (unpaired) electrons. The molecule has 1 unspecified atom stereocenters. The SMILES string of the molecule is CC(C)N(C)c1cc(N2CCCC2CN)ncn1. The molecule has 1 aromatic rings. The summed E-state index contributed by atoms with van der Waals surface area (Å²) in [6, 6.07) is 2.92. The van der Waals surface area contributed by atoms with Gasteiger partial charge in [0.15, 0.2) is 0 Å². The monoisotopic (exact) mass is 249 g/mol. The van der Waals surface area contributed by atoms with Crippen LogP contribution in [0.4, 0.5) is 11.6 Å². The van der Waals surface area contributed by atoms with Gasteiger partial charge in [-0.2, -0.15) is 0 Å². The van der Waals surface area contributed by atoms with E-state index in [1.165, 1.54) is 6.42 Å². The third kappa shape index (κ3) is 2.56. The molecule has 2 rings (SSSR count). The Labute approximate surface area is 109 Å². The molecule has 2 heterocycles. The van der Waals surface area contributed by atoms with E-state index < -0.39 is 0 Å². The second-order valence-electron chi connectivity index (χ2n) is 5.16. The van der Waals surface area contributed by atoms with Crippen molar-refractivity contribution in [1.82, 2.24) is 9.97 Å². The van der Waals surface area contributed by atoms with Gasteiger partial charge in [-0.1, -0.05) is 0 Å². The molecule has 1 aliphatic heterocycles. The molecule has 2 N–H and O–H groups in total. The highest BCUT2D eigenvalue weighted by molar-refractivity contribution is 5.51. The Morgan fingerprint density at radius 2 is 2.28 bits per heavy atom. The van der Waals surface area contributed by atoms with Crippen LogP contribution in [0.15, 0.2) is 12.4 Å². The zero-order valence-corrected chi connectivity index (χ0v) is 11.5. The first kappa shape index (κ1) is 13.1. The minimum Gasteiger partial charge on any atom is -0.357 e. The molecule has 100 valence electrons. The van der Waals surface area contributed by atoms with E-state index in [0.717, 1.165) is 24.6 Å². The number of nitrogens with zero attached hydrogens (tertiary/aromatic N) is 4. The van der Waals surface area contributed by atoms with E-state index in [0.29, 0.717) is 18.6 Å². The van der Waals surface area contributed by atoms with Crippen LogP contribution in [0.5, 0.6) is 0 Å². The van der Waals surface area contributed by atoms with E-state index in [1.54, 1.807) is 6.33 Å². The number of hydrogen-bond acceptors (Lipinski definition) is 5. The topological polar surface area (TPSA) is 58.3 Å². The molecule has 5 heteroatoms. The molecule has 0 aliphatic carbocycles. The van der Waals surface area contributed by atoms with E-state index >= 15 is 0 Å². The minimum atomic E-state index is 0.427. The van der Waals surface area contributed by atoms with Gasteiger partial charge in [0.25, 0.3) is 0 Å². The van der Waals surface area contributed by atoms with Crippen LogP contribution in [0.1, 0.15) is 26.7 Å². The fraction of sp³-hybridized carbons (Fsp3) is 0.692. The normalized spacial score (nSPS) is 19.6. The summed E-state index contributed by atoms with van der Waals surface area (Å²) in [6.07, 6.45) is 4.01. The highest BCUT2D eigenvalue weighted by Crippen LogP contribution is 2.25. The molecule has 1 aliphatic rings. The summed E-state index contributed by atoms with van der Waals surface area (Å²) in [7, 11) is 2.06. The average molecular weight is 249 g/mol. The summed E-state index contributed by atoms with van der Waals surface area (Å²) in [5.74, 6) is 1.97. The molecule has 0 aromatic carbocycles. The first-order chi connectivity index (χ1) is 8.63. The van der Waals surface area contributed by atoms with Crippen molar-refractivity contribution in [1.29, 1.82) is 0 Å². The van der Waals surface area contributed by atoms with Gasteiger partial charge in [-0.05, 0) is 26.7 Å². The fourth-order valence-electron chi connectivity index (χ4n) is 2.33. The van der Waals surface area contributed by atoms with Crippen LogP contribution in [0.3, 0.4) is 0 Å². The maximum absolute atomic E-state index is 5.81. The van der Waals surface area contributed by atoms with Crippen LogP contribution >= 0.6 is 0 Å². The van der Waals surface area contributed by atoms with Crippen LogP contribution in [-0.4, -0.2) is 42.2 Å². The van der Waals surface area contributed by atoms with Crippen LogP contribution < -0.4 is 15.5 Å². The van der Waals surface area contributed by atoms with Gasteiger partial charge in [-0.15, -0.1) is 0 Å². The molecule has 0 saturated carbocycles. The Bertz CT molecular complexity index is 393. The quantitative estimate of drug-likeness (QED) is 0.870. The van der Waals surface area contributed by atoms with E-state index in [1.807, 2.05) is 0 Å². The molecule has 1 saturated heterocycles. The first-order valence-corrected chi connectivity index (χ1v) is 6.65. The van der Waals surface area contributed by atoms with Gasteiger partial charge in [-0.3, -0.25) is 0 Å². The predicted octanol–water partition coefficient (Wildman–Crippen LogP) is 1.25. The van der Waals surface area contributed by atoms with E-state index in [4.69, 9.17) is 5.73 Å². The Morgan fingerprint density at radius 1 is 1.50 bits per heavy atom. The number of aromatic nitrogens is 2. The van der Waals surface area contributed by atoms with Gasteiger partial charge in [0.1, 0.15) is 18.0 Å². The Balaban J connectivity index is 2.21. The predicted molar refractivity (Wildman–Crippen MR) is 75.0 cm³/mol. The van der Waals surface area contributed by atoms with Crippen molar-refractivity contribution in [2.45, 2.75) is 38.8 Å². The number of anilines is 2. The minimum absolute atomic E-state index is 0.427. The van der Waals surface area contributed by atoms with E-state index in [2.05, 4.69) is 46.7 Å². The standard InChI is InChI=1S/C13H23N5/c1-10(2)17(3)12-7-13(16-9-15-12)18-6-4-5-11(18)8-14/h7,9-11H,4-6,8,14H2,1-3H3. The Hall–Kier alpha value is -1.36. The molecular formula is C13H23N5. The maximum atomic E-state index is 5.81. The van der Waals surface area contributed by atoms with Crippen molar-refractivity contribution < 1.29 is 0 Å². The lowest BCUT2D eigenvalue weighted by molar-refractivity contribution is 0.669. The van der Waals surface area contributed by atoms with Crippen molar-refractivity contribution in [3.63, 3.8) is 0 Å². The molecular weight excluding hydrogens is 226 g/mol. The van der Waals surface area contributed by atoms with Gasteiger partial charge in [0.2, 0.25) is 0 Å². The van der Waals surface area contributed by atoms with Gasteiger partial charge in [0.05, 0.1) is 0 Å². The zero-order chi connectivity index (χ0) is 13.1. The zero-order valence-electron chi connectivity index (χ0n) is 11.5. The van der Waals surface area contributed by atoms with Crippen molar-refractivity contribution in [3.05, 3.63) is 12.4 Å². The van der Waals surface area contributed by atoms with Crippen LogP contribution in [-0.2, 0) is 0 Å². The van der Waals surface area contributed by atoms with E-state index in [-0.39, 0.29) is 0 Å². The van der Waals surface area contributed by atoms with Crippen LogP contribution in [0, 0.1) is 0 Å². The molecule has 0 bridgehead atoms. The van der Waals surface area contributed by atoms with Crippen LogP contribution in [0.2, 0.25) is 0 Å². The molecule has 5 nitrogen and oxygen atoms in total. The molecule has 0 amide bonds. The summed E-state index contributed by atoms with van der Waals surface area (Å²) < 4.78 is 0. The number of rotatable bonds is 4. The number of nitrogens with two attached hydrogens (primary N) is 1. The van der Waals surface area contributed by atoms with Crippen molar-refractivity contribution in [2.24, 2.45) is 5.73 Å². The van der Waals surface area contributed by atoms with Gasteiger partial charge >= 0.3 is 0 Å². The van der Waals surface area contributed by atoms with Gasteiger partial charge < -0.3 is 15.5 Å². The highest BCUT2D eigenvalue weighted by atomic mass is 15.3. The number of hydrogen-bond donors (Lipinski definition) is 1. The summed E-state index contributed by atoms with van der Waals surface area (Å²) in [4.78, 5) is 13.2. The summed E-state index contributed by atoms with van der Waals surface area (Å²) in [6.45, 7) is 6.05. The van der Waals surface area contributed by atoms with Gasteiger partial charge in [-0.25, -0.2) is 9.97 Å². The van der Waals surface area contributed by atoms with Crippen LogP contribution in [0.25, 0.3) is 0 Å². The lowest BCUT2D eigenvalue weighted by Crippen LogP contribution is -2.36. The summed E-state index contributed by atoms with van der Waals surface area (Å²) in [5.41, 5.74) is 5.81. The second-order valence-corrected chi connectivity index (χ2v) is 5.16. The third-order valence-corrected chi connectivity index (χ3v) is 3.72.